The van der Waals surface area contributed by atoms with Crippen LogP contribution in [0.2, 0.25) is 0 Å². The lowest BCUT2D eigenvalue weighted by molar-refractivity contribution is -0.142. The molecule has 0 radical (unpaired) electrons. The number of methoxy groups -OCH3 is 1. The van der Waals surface area contributed by atoms with Crippen LogP contribution in [-0.4, -0.2) is 37.6 Å². The predicted molar refractivity (Wildman–Crippen MR) is 166 cm³/mol. The van der Waals surface area contributed by atoms with Gasteiger partial charge in [-0.05, 0) is 99.2 Å². The van der Waals surface area contributed by atoms with Gasteiger partial charge in [0.15, 0.2) is 0 Å². The van der Waals surface area contributed by atoms with Gasteiger partial charge in [-0.3, -0.25) is 9.69 Å². The van der Waals surface area contributed by atoms with Crippen LogP contribution in [0.5, 0.6) is 17.2 Å². The van der Waals surface area contributed by atoms with E-state index < -0.39 is 5.41 Å². The first-order valence-electron chi connectivity index (χ1n) is 14.5. The van der Waals surface area contributed by atoms with Crippen LogP contribution in [0, 0.1) is 11.3 Å². The van der Waals surface area contributed by atoms with Gasteiger partial charge in [-0.25, -0.2) is 0 Å². The van der Waals surface area contributed by atoms with Crippen molar-refractivity contribution in [2.45, 2.75) is 47.1 Å². The first-order valence-corrected chi connectivity index (χ1v) is 14.5. The van der Waals surface area contributed by atoms with Crippen LogP contribution in [0.4, 0.5) is 0 Å². The molecule has 5 heteroatoms. The summed E-state index contributed by atoms with van der Waals surface area (Å²) in [7, 11) is 1.67. The second kappa shape index (κ2) is 12.0. The second-order valence-electron chi connectivity index (χ2n) is 12.3. The number of benzene rings is 3. The lowest BCUT2D eigenvalue weighted by Crippen LogP contribution is -2.25. The van der Waals surface area contributed by atoms with Crippen LogP contribution in [-0.2, 0) is 4.79 Å². The average molecular weight is 552 g/mol. The van der Waals surface area contributed by atoms with Gasteiger partial charge in [0.1, 0.15) is 23.4 Å². The third-order valence-electron chi connectivity index (χ3n) is 7.89. The molecular weight excluding hydrogens is 510 g/mol. The van der Waals surface area contributed by atoms with E-state index in [1.165, 1.54) is 25.1 Å². The number of carbonyl (C=O) groups is 1. The maximum Gasteiger partial charge on any atom is 0.316 e. The zero-order valence-electron chi connectivity index (χ0n) is 25.1. The van der Waals surface area contributed by atoms with E-state index in [-0.39, 0.29) is 12.1 Å². The maximum absolute atomic E-state index is 12.6. The van der Waals surface area contributed by atoms with Crippen LogP contribution in [0.3, 0.4) is 0 Å². The molecule has 41 heavy (non-hydrogen) atoms. The summed E-state index contributed by atoms with van der Waals surface area (Å²) >= 11 is 0. The molecule has 0 aromatic heterocycles. The number of hydrogen-bond acceptors (Lipinski definition) is 5. The van der Waals surface area contributed by atoms with Crippen LogP contribution in [0.15, 0.2) is 72.8 Å². The first-order chi connectivity index (χ1) is 19.6. The summed E-state index contributed by atoms with van der Waals surface area (Å²) in [5, 5.41) is 0. The van der Waals surface area contributed by atoms with Gasteiger partial charge in [-0.15, -0.1) is 0 Å². The number of nitrogens with zero attached hydrogens (tertiary/aromatic N) is 1. The standard InChI is InChI=1S/C36H41NO4/c1-24-18-20-37(23-24)19-8-9-26-12-14-27(15-13-26)34-33(25(2)31-22-29(39-6)16-17-32(31)41-34)28-10-7-11-30(21-28)40-35(38)36(3,4)5/h7-17,21-22,24,34H,18-20,23H2,1-6H3/b9-8-. The summed E-state index contributed by atoms with van der Waals surface area (Å²) in [5.41, 5.74) is 5.69. The molecule has 0 spiro atoms. The number of allylic oxidation sites excluding steroid dienone is 1. The largest absolute Gasteiger partial charge is 0.497 e. The Morgan fingerprint density at radius 2 is 1.83 bits per heavy atom. The minimum absolute atomic E-state index is 0.269. The summed E-state index contributed by atoms with van der Waals surface area (Å²) in [6, 6.07) is 22.2. The third-order valence-corrected chi connectivity index (χ3v) is 7.89. The molecule has 1 saturated heterocycles. The smallest absolute Gasteiger partial charge is 0.316 e. The molecule has 2 heterocycles. The minimum Gasteiger partial charge on any atom is -0.497 e. The molecule has 214 valence electrons. The number of esters is 1. The van der Waals surface area contributed by atoms with Crippen molar-refractivity contribution >= 4 is 23.2 Å². The highest BCUT2D eigenvalue weighted by atomic mass is 16.5. The van der Waals surface area contributed by atoms with E-state index in [0.29, 0.717) is 5.75 Å². The van der Waals surface area contributed by atoms with Crippen LogP contribution in [0.1, 0.15) is 69.4 Å². The zero-order valence-corrected chi connectivity index (χ0v) is 25.1. The Kier molecular flexibility index (Phi) is 8.37. The Morgan fingerprint density at radius 3 is 2.51 bits per heavy atom. The summed E-state index contributed by atoms with van der Waals surface area (Å²) < 4.78 is 18.0. The van der Waals surface area contributed by atoms with E-state index in [2.05, 4.69) is 55.2 Å². The number of hydrogen-bond donors (Lipinski definition) is 0. The Morgan fingerprint density at radius 1 is 1.05 bits per heavy atom. The highest BCUT2D eigenvalue weighted by molar-refractivity contribution is 5.96. The fraction of sp³-hybridized carbons (Fsp3) is 0.361. The molecular formula is C36H41NO4. The zero-order chi connectivity index (χ0) is 29.1. The van der Waals surface area contributed by atoms with Crippen molar-refractivity contribution in [2.75, 3.05) is 26.7 Å². The molecule has 0 saturated carbocycles. The Balaban J connectivity index is 1.47. The number of fused-ring (bicyclic) bond motifs is 1. The molecule has 2 atom stereocenters. The number of rotatable bonds is 7. The maximum atomic E-state index is 12.6. The SMILES string of the molecule is COc1ccc2c(c1)C(C)=C(c1cccc(OC(=O)C(C)(C)C)c1)C(c1ccc(/C=C\CN3CCC(C)C3)cc1)O2. The highest BCUT2D eigenvalue weighted by Crippen LogP contribution is 2.47. The van der Waals surface area contributed by atoms with E-state index in [0.717, 1.165) is 51.8 Å². The molecule has 0 N–H and O–H groups in total. The van der Waals surface area contributed by atoms with E-state index in [1.54, 1.807) is 7.11 Å². The normalized spacial score (nSPS) is 19.3. The van der Waals surface area contributed by atoms with Crippen molar-refractivity contribution in [1.82, 2.24) is 4.90 Å². The lowest BCUT2D eigenvalue weighted by atomic mass is 9.86. The number of ether oxygens (including phenoxy) is 3. The van der Waals surface area contributed by atoms with E-state index in [9.17, 15) is 4.79 Å². The topological polar surface area (TPSA) is 48.0 Å². The van der Waals surface area contributed by atoms with E-state index in [1.807, 2.05) is 63.2 Å². The Bertz CT molecular complexity index is 1460. The van der Waals surface area contributed by atoms with Gasteiger partial charge in [0.25, 0.3) is 0 Å². The van der Waals surface area contributed by atoms with Crippen molar-refractivity contribution in [3.05, 3.63) is 95.1 Å². The lowest BCUT2D eigenvalue weighted by Gasteiger charge is -2.31. The summed E-state index contributed by atoms with van der Waals surface area (Å²) in [6.07, 6.45) is 5.42. The first kappa shape index (κ1) is 28.7. The summed E-state index contributed by atoms with van der Waals surface area (Å²) in [4.78, 5) is 15.1. The van der Waals surface area contributed by atoms with Crippen molar-refractivity contribution < 1.29 is 19.0 Å². The van der Waals surface area contributed by atoms with Gasteiger partial charge in [0, 0.05) is 24.2 Å². The molecule has 3 aromatic rings. The molecule has 5 rings (SSSR count). The molecule has 2 aliphatic rings. The Hall–Kier alpha value is -3.83. The summed E-state index contributed by atoms with van der Waals surface area (Å²) in [6.45, 7) is 13.4. The number of carbonyl (C=O) groups excluding carboxylic acids is 1. The van der Waals surface area contributed by atoms with Crippen molar-refractivity contribution in [3.63, 3.8) is 0 Å². The van der Waals surface area contributed by atoms with Gasteiger partial charge in [-0.2, -0.15) is 0 Å². The molecule has 0 aliphatic carbocycles. The third kappa shape index (κ3) is 6.57. The van der Waals surface area contributed by atoms with E-state index in [4.69, 9.17) is 14.2 Å². The molecule has 2 unspecified atom stereocenters. The average Bonchev–Trinajstić information content (AvgIpc) is 3.37. The van der Waals surface area contributed by atoms with Crippen LogP contribution < -0.4 is 14.2 Å². The van der Waals surface area contributed by atoms with Crippen molar-refractivity contribution in [1.29, 1.82) is 0 Å². The quantitative estimate of drug-likeness (QED) is 0.220. The van der Waals surface area contributed by atoms with Crippen molar-refractivity contribution in [2.24, 2.45) is 11.3 Å². The fourth-order valence-corrected chi connectivity index (χ4v) is 5.46. The molecule has 3 aromatic carbocycles. The van der Waals surface area contributed by atoms with E-state index >= 15 is 0 Å². The Labute approximate surface area is 244 Å². The van der Waals surface area contributed by atoms with Crippen LogP contribution in [0.25, 0.3) is 17.2 Å². The highest BCUT2D eigenvalue weighted by Gasteiger charge is 2.30. The molecule has 2 aliphatic heterocycles. The predicted octanol–water partition coefficient (Wildman–Crippen LogP) is 8.07. The van der Waals surface area contributed by atoms with Crippen LogP contribution >= 0.6 is 0 Å². The monoisotopic (exact) mass is 551 g/mol. The molecule has 1 fully saturated rings. The molecule has 0 amide bonds. The summed E-state index contributed by atoms with van der Waals surface area (Å²) in [5.74, 6) is 2.63. The van der Waals surface area contributed by atoms with Gasteiger partial charge in [-0.1, -0.05) is 55.5 Å². The molecule has 0 bridgehead atoms. The van der Waals surface area contributed by atoms with Gasteiger partial charge >= 0.3 is 5.97 Å². The minimum atomic E-state index is -0.597. The van der Waals surface area contributed by atoms with Gasteiger partial charge < -0.3 is 14.2 Å². The second-order valence-corrected chi connectivity index (χ2v) is 12.3. The fourth-order valence-electron chi connectivity index (χ4n) is 5.46. The molecule has 5 nitrogen and oxygen atoms in total. The number of likely N-dealkylation sites (tertiary alicyclic amines) is 1. The van der Waals surface area contributed by atoms with Crippen molar-refractivity contribution in [3.8, 4) is 17.2 Å². The van der Waals surface area contributed by atoms with Gasteiger partial charge in [0.2, 0.25) is 0 Å². The van der Waals surface area contributed by atoms with Gasteiger partial charge in [0.05, 0.1) is 12.5 Å².